The normalized spacial score (nSPS) is 15.3. The lowest BCUT2D eigenvalue weighted by molar-refractivity contribution is -0.142. The molecule has 32 heavy (non-hydrogen) atoms. The van der Waals surface area contributed by atoms with Crippen molar-refractivity contribution in [3.8, 4) is 0 Å². The highest BCUT2D eigenvalue weighted by molar-refractivity contribution is 6.45. The molecule has 1 aromatic heterocycles. The number of fused-ring (bicyclic) bond motifs is 1. The van der Waals surface area contributed by atoms with Crippen molar-refractivity contribution >= 4 is 34.4 Å². The van der Waals surface area contributed by atoms with Crippen LogP contribution in [0.4, 0.5) is 0 Å². The first-order valence-corrected chi connectivity index (χ1v) is 9.96. The molecule has 9 nitrogen and oxygen atoms in total. The van der Waals surface area contributed by atoms with Gasteiger partial charge in [-0.25, -0.2) is 9.79 Å². The largest absolute Gasteiger partial charge is 0.376 e. The standard InChI is InChI=1S/C23H21N5O4/c1-28-20(23(31)32-27-28)13-19(26-21(29)15-7-3-2-4-8-15)22(30)24-12-11-16-14-25-18-10-6-5-9-17(16)18/h2-10,13-14,25,27H,11-12H2,1H3,(H,24,30)/b20-13-,26-19?. The number of amides is 2. The summed E-state index contributed by atoms with van der Waals surface area (Å²) >= 11 is 0. The summed E-state index contributed by atoms with van der Waals surface area (Å²) in [5.74, 6) is -1.85. The van der Waals surface area contributed by atoms with E-state index in [4.69, 9.17) is 4.84 Å². The van der Waals surface area contributed by atoms with Gasteiger partial charge in [0.25, 0.3) is 11.8 Å². The van der Waals surface area contributed by atoms with Gasteiger partial charge in [0.2, 0.25) is 0 Å². The van der Waals surface area contributed by atoms with Crippen molar-refractivity contribution in [1.82, 2.24) is 20.9 Å². The molecule has 2 amide bonds. The number of H-pyrrole nitrogens is 1. The van der Waals surface area contributed by atoms with Crippen LogP contribution in [0, 0.1) is 0 Å². The Labute approximate surface area is 183 Å². The Morgan fingerprint density at radius 3 is 2.62 bits per heavy atom. The van der Waals surface area contributed by atoms with Gasteiger partial charge in [-0.15, -0.1) is 0 Å². The van der Waals surface area contributed by atoms with Crippen LogP contribution in [0.2, 0.25) is 0 Å². The monoisotopic (exact) mass is 431 g/mol. The minimum atomic E-state index is -0.682. The molecule has 1 saturated heterocycles. The third-order valence-electron chi connectivity index (χ3n) is 4.95. The zero-order valence-electron chi connectivity index (χ0n) is 17.3. The summed E-state index contributed by atoms with van der Waals surface area (Å²) in [4.78, 5) is 49.2. The Morgan fingerprint density at radius 2 is 1.88 bits per heavy atom. The number of aromatic amines is 1. The molecule has 0 atom stereocenters. The number of hydrogen-bond acceptors (Lipinski definition) is 6. The van der Waals surface area contributed by atoms with Crippen LogP contribution in [0.1, 0.15) is 15.9 Å². The Hall–Kier alpha value is -4.24. The van der Waals surface area contributed by atoms with E-state index in [1.165, 1.54) is 11.1 Å². The molecule has 2 aromatic carbocycles. The van der Waals surface area contributed by atoms with Gasteiger partial charge in [0.1, 0.15) is 11.4 Å². The van der Waals surface area contributed by atoms with Crippen molar-refractivity contribution in [3.05, 3.63) is 83.7 Å². The van der Waals surface area contributed by atoms with Crippen LogP contribution in [0.15, 0.2) is 77.6 Å². The minimum Gasteiger partial charge on any atom is -0.361 e. The molecule has 2 heterocycles. The number of likely N-dealkylation sites (N-methyl/N-ethyl adjacent to an activating group) is 1. The van der Waals surface area contributed by atoms with Crippen molar-refractivity contribution in [2.45, 2.75) is 6.42 Å². The fraction of sp³-hybridized carbons (Fsp3) is 0.130. The van der Waals surface area contributed by atoms with Crippen molar-refractivity contribution in [2.75, 3.05) is 13.6 Å². The fourth-order valence-electron chi connectivity index (χ4n) is 3.28. The third kappa shape index (κ3) is 4.57. The van der Waals surface area contributed by atoms with Gasteiger partial charge in [0, 0.05) is 42.3 Å². The van der Waals surface area contributed by atoms with Crippen molar-refractivity contribution in [3.63, 3.8) is 0 Å². The summed E-state index contributed by atoms with van der Waals surface area (Å²) in [5.41, 5.74) is 4.63. The number of carbonyl (C=O) groups excluding carboxylic acids is 3. The summed E-state index contributed by atoms with van der Waals surface area (Å²) in [6.45, 7) is 0.320. The minimum absolute atomic E-state index is 0.0522. The van der Waals surface area contributed by atoms with E-state index in [9.17, 15) is 14.4 Å². The predicted molar refractivity (Wildman–Crippen MR) is 118 cm³/mol. The smallest absolute Gasteiger partial charge is 0.361 e. The molecule has 1 fully saturated rings. The van der Waals surface area contributed by atoms with E-state index in [1.54, 1.807) is 37.4 Å². The first-order valence-electron chi connectivity index (χ1n) is 9.96. The van der Waals surface area contributed by atoms with E-state index in [1.807, 2.05) is 30.5 Å². The second-order valence-corrected chi connectivity index (χ2v) is 7.10. The lowest BCUT2D eigenvalue weighted by Crippen LogP contribution is -2.33. The number of aromatic nitrogens is 1. The van der Waals surface area contributed by atoms with Gasteiger partial charge in [-0.3, -0.25) is 14.6 Å². The van der Waals surface area contributed by atoms with Crippen LogP contribution >= 0.6 is 0 Å². The number of hydrazine groups is 1. The van der Waals surface area contributed by atoms with Gasteiger partial charge in [-0.05, 0) is 30.2 Å². The zero-order chi connectivity index (χ0) is 22.5. The van der Waals surface area contributed by atoms with E-state index in [0.717, 1.165) is 16.5 Å². The fourth-order valence-corrected chi connectivity index (χ4v) is 3.28. The molecular formula is C23H21N5O4. The highest BCUT2D eigenvalue weighted by atomic mass is 16.7. The van der Waals surface area contributed by atoms with E-state index >= 15 is 0 Å². The maximum absolute atomic E-state index is 12.9. The molecule has 1 aliphatic rings. The first kappa shape index (κ1) is 21.0. The molecule has 3 aromatic rings. The van der Waals surface area contributed by atoms with Gasteiger partial charge in [-0.1, -0.05) is 42.0 Å². The average molecular weight is 431 g/mol. The van der Waals surface area contributed by atoms with Gasteiger partial charge >= 0.3 is 5.97 Å². The number of nitrogens with one attached hydrogen (secondary N) is 3. The number of aliphatic imine (C=N–C) groups is 1. The van der Waals surface area contributed by atoms with E-state index in [-0.39, 0.29) is 11.4 Å². The Balaban J connectivity index is 1.53. The lowest BCUT2D eigenvalue weighted by atomic mass is 10.1. The van der Waals surface area contributed by atoms with Crippen LogP contribution in [-0.2, 0) is 20.8 Å². The molecule has 162 valence electrons. The second kappa shape index (κ2) is 9.27. The Bertz CT molecular complexity index is 1230. The number of hydrogen-bond donors (Lipinski definition) is 3. The van der Waals surface area contributed by atoms with Crippen molar-refractivity contribution < 1.29 is 19.2 Å². The van der Waals surface area contributed by atoms with Crippen LogP contribution in [0.3, 0.4) is 0 Å². The SMILES string of the molecule is CN1NOC(=O)/C1=C/C(=NC(=O)c1ccccc1)C(=O)NCCc1c[nH]c2ccccc12. The molecule has 9 heteroatoms. The van der Waals surface area contributed by atoms with E-state index in [2.05, 4.69) is 20.9 Å². The van der Waals surface area contributed by atoms with Crippen molar-refractivity contribution in [2.24, 2.45) is 4.99 Å². The van der Waals surface area contributed by atoms with E-state index < -0.39 is 17.8 Å². The van der Waals surface area contributed by atoms with Gasteiger partial charge in [0.05, 0.1) is 0 Å². The molecule has 3 N–H and O–H groups in total. The molecule has 0 saturated carbocycles. The van der Waals surface area contributed by atoms with Gasteiger partial charge in [0.15, 0.2) is 0 Å². The van der Waals surface area contributed by atoms with Crippen LogP contribution < -0.4 is 10.9 Å². The summed E-state index contributed by atoms with van der Waals surface area (Å²) < 4.78 is 0. The molecule has 0 unspecified atom stereocenters. The predicted octanol–water partition coefficient (Wildman–Crippen LogP) is 1.90. The molecule has 1 aliphatic heterocycles. The summed E-state index contributed by atoms with van der Waals surface area (Å²) in [7, 11) is 1.54. The lowest BCUT2D eigenvalue weighted by Gasteiger charge is -2.09. The highest BCUT2D eigenvalue weighted by Gasteiger charge is 2.26. The number of para-hydroxylation sites is 1. The number of carbonyl (C=O) groups is 3. The van der Waals surface area contributed by atoms with Crippen molar-refractivity contribution in [1.29, 1.82) is 0 Å². The summed E-state index contributed by atoms with van der Waals surface area (Å²) in [5, 5.41) is 5.15. The van der Waals surface area contributed by atoms with E-state index in [0.29, 0.717) is 18.5 Å². The number of rotatable bonds is 6. The quantitative estimate of drug-likeness (QED) is 0.406. The maximum Gasteiger partial charge on any atom is 0.376 e. The number of benzene rings is 2. The van der Waals surface area contributed by atoms with Crippen LogP contribution in [-0.4, -0.2) is 47.1 Å². The summed E-state index contributed by atoms with van der Waals surface area (Å²) in [6, 6.07) is 16.3. The molecule has 0 spiro atoms. The first-order chi connectivity index (χ1) is 15.5. The average Bonchev–Trinajstić information content (AvgIpc) is 3.37. The number of nitrogens with zero attached hydrogens (tertiary/aromatic N) is 2. The maximum atomic E-state index is 12.9. The molecule has 0 bridgehead atoms. The molecule has 0 radical (unpaired) electrons. The van der Waals surface area contributed by atoms with Crippen LogP contribution in [0.25, 0.3) is 10.9 Å². The molecular weight excluding hydrogens is 410 g/mol. The second-order valence-electron chi connectivity index (χ2n) is 7.10. The Morgan fingerprint density at radius 1 is 1.12 bits per heavy atom. The third-order valence-corrected chi connectivity index (χ3v) is 4.95. The molecule has 4 rings (SSSR count). The van der Waals surface area contributed by atoms with Crippen LogP contribution in [0.5, 0.6) is 0 Å². The topological polar surface area (TPSA) is 116 Å². The van der Waals surface area contributed by atoms with Gasteiger partial charge in [-0.2, -0.15) is 0 Å². The Kier molecular flexibility index (Phi) is 6.09. The zero-order valence-corrected chi connectivity index (χ0v) is 17.3. The summed E-state index contributed by atoms with van der Waals surface area (Å²) in [6.07, 6.45) is 3.71. The highest BCUT2D eigenvalue weighted by Crippen LogP contribution is 2.17. The van der Waals surface area contributed by atoms with Gasteiger partial charge < -0.3 is 15.1 Å². The molecule has 0 aliphatic carbocycles.